The lowest BCUT2D eigenvalue weighted by molar-refractivity contribution is 0.112. The van der Waals surface area contributed by atoms with Crippen molar-refractivity contribution in [3.8, 4) is 0 Å². The Morgan fingerprint density at radius 1 is 1.00 bits per heavy atom. The highest BCUT2D eigenvalue weighted by molar-refractivity contribution is 5.73. The van der Waals surface area contributed by atoms with Crippen molar-refractivity contribution in [2.45, 2.75) is 12.8 Å². The molecule has 0 aliphatic rings. The van der Waals surface area contributed by atoms with Crippen LogP contribution in [0.25, 0.3) is 0 Å². The van der Waals surface area contributed by atoms with E-state index in [9.17, 15) is 4.79 Å². The molecule has 2 nitrogen and oxygen atoms in total. The molecule has 2 rings (SSSR count). The SMILES string of the molecule is O=Cc1ccc(CCc2ccccc2)nc1. The Kier molecular flexibility index (Phi) is 3.44. The predicted molar refractivity (Wildman–Crippen MR) is 63.5 cm³/mol. The minimum Gasteiger partial charge on any atom is -0.298 e. The second-order valence-electron chi connectivity index (χ2n) is 3.69. The summed E-state index contributed by atoms with van der Waals surface area (Å²) >= 11 is 0. The lowest BCUT2D eigenvalue weighted by Gasteiger charge is -2.01. The number of hydrogen-bond acceptors (Lipinski definition) is 2. The Labute approximate surface area is 95.0 Å². The lowest BCUT2D eigenvalue weighted by atomic mass is 10.1. The average molecular weight is 211 g/mol. The first-order valence-corrected chi connectivity index (χ1v) is 5.32. The molecule has 0 saturated heterocycles. The van der Waals surface area contributed by atoms with Gasteiger partial charge in [0.15, 0.2) is 6.29 Å². The lowest BCUT2D eigenvalue weighted by Crippen LogP contribution is -1.94. The minimum atomic E-state index is 0.628. The summed E-state index contributed by atoms with van der Waals surface area (Å²) in [7, 11) is 0. The molecule has 0 N–H and O–H groups in total. The van der Waals surface area contributed by atoms with Gasteiger partial charge in [0.1, 0.15) is 0 Å². The average Bonchev–Trinajstić information content (AvgIpc) is 2.38. The first-order valence-electron chi connectivity index (χ1n) is 5.32. The van der Waals surface area contributed by atoms with Crippen LogP contribution in [-0.2, 0) is 12.8 Å². The van der Waals surface area contributed by atoms with E-state index in [1.54, 1.807) is 12.3 Å². The first-order chi connectivity index (χ1) is 7.88. The third-order valence-corrected chi connectivity index (χ3v) is 2.50. The first kappa shape index (κ1) is 10.6. The Hall–Kier alpha value is -1.96. The predicted octanol–water partition coefficient (Wildman–Crippen LogP) is 2.68. The van der Waals surface area contributed by atoms with Crippen LogP contribution >= 0.6 is 0 Å². The minimum absolute atomic E-state index is 0.628. The van der Waals surface area contributed by atoms with Gasteiger partial charge in [0.25, 0.3) is 0 Å². The van der Waals surface area contributed by atoms with Crippen LogP contribution < -0.4 is 0 Å². The molecule has 1 heterocycles. The van der Waals surface area contributed by atoms with Gasteiger partial charge in [-0.05, 0) is 30.5 Å². The van der Waals surface area contributed by atoms with Crippen molar-refractivity contribution in [2.24, 2.45) is 0 Å². The van der Waals surface area contributed by atoms with Crippen molar-refractivity contribution >= 4 is 6.29 Å². The van der Waals surface area contributed by atoms with Crippen molar-refractivity contribution in [3.05, 3.63) is 65.5 Å². The van der Waals surface area contributed by atoms with Gasteiger partial charge in [-0.3, -0.25) is 9.78 Å². The fourth-order valence-electron chi connectivity index (χ4n) is 1.57. The van der Waals surface area contributed by atoms with E-state index in [0.29, 0.717) is 5.56 Å². The summed E-state index contributed by atoms with van der Waals surface area (Å²) in [6.45, 7) is 0. The van der Waals surface area contributed by atoms with Gasteiger partial charge in [0, 0.05) is 17.5 Å². The highest BCUT2D eigenvalue weighted by Gasteiger charge is 1.97. The largest absolute Gasteiger partial charge is 0.298 e. The molecule has 0 aliphatic heterocycles. The number of benzene rings is 1. The molecule has 0 unspecified atom stereocenters. The number of nitrogens with zero attached hydrogens (tertiary/aromatic N) is 1. The van der Waals surface area contributed by atoms with Crippen LogP contribution in [0.2, 0.25) is 0 Å². The fraction of sp³-hybridized carbons (Fsp3) is 0.143. The van der Waals surface area contributed by atoms with E-state index < -0.39 is 0 Å². The van der Waals surface area contributed by atoms with Crippen molar-refractivity contribution in [1.82, 2.24) is 4.98 Å². The van der Waals surface area contributed by atoms with E-state index in [0.717, 1.165) is 24.8 Å². The van der Waals surface area contributed by atoms with E-state index in [-0.39, 0.29) is 0 Å². The van der Waals surface area contributed by atoms with Crippen molar-refractivity contribution in [2.75, 3.05) is 0 Å². The van der Waals surface area contributed by atoms with Crippen molar-refractivity contribution in [1.29, 1.82) is 0 Å². The molecular weight excluding hydrogens is 198 g/mol. The number of carbonyl (C=O) groups excluding carboxylic acids is 1. The molecular formula is C14H13NO. The molecule has 0 aliphatic carbocycles. The van der Waals surface area contributed by atoms with Crippen molar-refractivity contribution < 1.29 is 4.79 Å². The summed E-state index contributed by atoms with van der Waals surface area (Å²) in [5, 5.41) is 0. The van der Waals surface area contributed by atoms with Crippen molar-refractivity contribution in [3.63, 3.8) is 0 Å². The Morgan fingerprint density at radius 3 is 2.44 bits per heavy atom. The summed E-state index contributed by atoms with van der Waals surface area (Å²) in [6, 6.07) is 14.0. The van der Waals surface area contributed by atoms with E-state index in [1.165, 1.54) is 5.56 Å². The van der Waals surface area contributed by atoms with Gasteiger partial charge >= 0.3 is 0 Å². The molecule has 1 aromatic heterocycles. The Morgan fingerprint density at radius 2 is 1.81 bits per heavy atom. The zero-order valence-electron chi connectivity index (χ0n) is 8.97. The van der Waals surface area contributed by atoms with Gasteiger partial charge < -0.3 is 0 Å². The number of carbonyl (C=O) groups is 1. The normalized spacial score (nSPS) is 10.0. The second-order valence-corrected chi connectivity index (χ2v) is 3.69. The summed E-state index contributed by atoms with van der Waals surface area (Å²) < 4.78 is 0. The quantitative estimate of drug-likeness (QED) is 0.728. The van der Waals surface area contributed by atoms with Crippen LogP contribution in [0, 0.1) is 0 Å². The molecule has 16 heavy (non-hydrogen) atoms. The number of aromatic nitrogens is 1. The highest BCUT2D eigenvalue weighted by Crippen LogP contribution is 2.05. The fourth-order valence-corrected chi connectivity index (χ4v) is 1.57. The molecule has 80 valence electrons. The third kappa shape index (κ3) is 2.76. The summed E-state index contributed by atoms with van der Waals surface area (Å²) in [5.41, 5.74) is 2.96. The molecule has 0 amide bonds. The molecule has 2 aromatic rings. The summed E-state index contributed by atoms with van der Waals surface area (Å²) in [4.78, 5) is 14.7. The zero-order valence-corrected chi connectivity index (χ0v) is 8.97. The maximum absolute atomic E-state index is 10.5. The van der Waals surface area contributed by atoms with E-state index in [1.807, 2.05) is 24.3 Å². The number of hydrogen-bond donors (Lipinski definition) is 0. The van der Waals surface area contributed by atoms with E-state index in [2.05, 4.69) is 17.1 Å². The molecule has 0 spiro atoms. The van der Waals surface area contributed by atoms with Crippen LogP contribution in [0.1, 0.15) is 21.6 Å². The molecule has 1 aromatic carbocycles. The molecule has 0 radical (unpaired) electrons. The van der Waals surface area contributed by atoms with Gasteiger partial charge in [-0.1, -0.05) is 30.3 Å². The van der Waals surface area contributed by atoms with Crippen LogP contribution in [-0.4, -0.2) is 11.3 Å². The monoisotopic (exact) mass is 211 g/mol. The van der Waals surface area contributed by atoms with Gasteiger partial charge in [-0.15, -0.1) is 0 Å². The topological polar surface area (TPSA) is 30.0 Å². The van der Waals surface area contributed by atoms with Crippen LogP contribution in [0.3, 0.4) is 0 Å². The molecule has 2 heteroatoms. The van der Waals surface area contributed by atoms with Crippen LogP contribution in [0.4, 0.5) is 0 Å². The number of rotatable bonds is 4. The van der Waals surface area contributed by atoms with Gasteiger partial charge in [0.05, 0.1) is 0 Å². The second kappa shape index (κ2) is 5.21. The van der Waals surface area contributed by atoms with Gasteiger partial charge in [0.2, 0.25) is 0 Å². The van der Waals surface area contributed by atoms with E-state index >= 15 is 0 Å². The number of aryl methyl sites for hydroxylation is 2. The standard InChI is InChI=1S/C14H13NO/c16-11-13-7-9-14(15-10-13)8-6-12-4-2-1-3-5-12/h1-5,7,9-11H,6,8H2. The molecule has 0 saturated carbocycles. The van der Waals surface area contributed by atoms with Gasteiger partial charge in [-0.2, -0.15) is 0 Å². The zero-order chi connectivity index (χ0) is 11.2. The Balaban J connectivity index is 1.97. The van der Waals surface area contributed by atoms with E-state index in [4.69, 9.17) is 0 Å². The number of pyridine rings is 1. The molecule has 0 fully saturated rings. The molecule has 0 atom stereocenters. The maximum atomic E-state index is 10.5. The summed E-state index contributed by atoms with van der Waals surface area (Å²) in [5.74, 6) is 0. The smallest absolute Gasteiger partial charge is 0.151 e. The highest BCUT2D eigenvalue weighted by atomic mass is 16.1. The summed E-state index contributed by atoms with van der Waals surface area (Å²) in [6.07, 6.45) is 4.32. The Bertz CT molecular complexity index is 448. The third-order valence-electron chi connectivity index (χ3n) is 2.50. The van der Waals surface area contributed by atoms with Crippen LogP contribution in [0.5, 0.6) is 0 Å². The maximum Gasteiger partial charge on any atom is 0.151 e. The number of aldehydes is 1. The molecule has 0 bridgehead atoms. The van der Waals surface area contributed by atoms with Gasteiger partial charge in [-0.25, -0.2) is 0 Å². The van der Waals surface area contributed by atoms with Crippen LogP contribution in [0.15, 0.2) is 48.7 Å².